The van der Waals surface area contributed by atoms with Gasteiger partial charge in [0, 0.05) is 13.0 Å². The average Bonchev–Trinajstić information content (AvgIpc) is 2.32. The van der Waals surface area contributed by atoms with Gasteiger partial charge in [-0.1, -0.05) is 13.0 Å². The van der Waals surface area contributed by atoms with Crippen LogP contribution in [0.1, 0.15) is 12.5 Å². The minimum absolute atomic E-state index is 0.247. The number of carboxylic acids is 1. The Bertz CT molecular complexity index is 493. The highest BCUT2D eigenvalue weighted by Crippen LogP contribution is 2.19. The van der Waals surface area contributed by atoms with E-state index in [9.17, 15) is 14.0 Å². The molecule has 1 aromatic carbocycles. The van der Waals surface area contributed by atoms with Crippen LogP contribution in [0.25, 0.3) is 0 Å². The summed E-state index contributed by atoms with van der Waals surface area (Å²) in [5.74, 6) is -2.01. The van der Waals surface area contributed by atoms with Gasteiger partial charge in [0.2, 0.25) is 5.91 Å². The number of benzene rings is 1. The van der Waals surface area contributed by atoms with Crippen molar-refractivity contribution in [2.45, 2.75) is 13.3 Å². The number of carboxylic acid groups (broad SMARTS) is 1. The van der Waals surface area contributed by atoms with Gasteiger partial charge in [-0.3, -0.25) is 9.59 Å². The average molecular weight is 332 g/mol. The van der Waals surface area contributed by atoms with Crippen LogP contribution >= 0.6 is 15.9 Å². The summed E-state index contributed by atoms with van der Waals surface area (Å²) in [6.07, 6.45) is 0.432. The highest BCUT2D eigenvalue weighted by Gasteiger charge is 2.19. The van der Waals surface area contributed by atoms with Crippen LogP contribution in [-0.2, 0) is 16.0 Å². The first-order chi connectivity index (χ1) is 8.81. The molecule has 1 aromatic rings. The van der Waals surface area contributed by atoms with Crippen LogP contribution in [0.5, 0.6) is 0 Å². The number of amides is 1. The zero-order chi connectivity index (χ0) is 14.6. The normalized spacial score (nSPS) is 12.0. The molecule has 0 aliphatic heterocycles. The molecule has 1 atom stereocenters. The lowest BCUT2D eigenvalue weighted by Gasteiger charge is -2.19. The number of nitrogens with zero attached hydrogens (tertiary/aromatic N) is 1. The molecule has 4 nitrogen and oxygen atoms in total. The molecule has 19 heavy (non-hydrogen) atoms. The number of likely N-dealkylation sites (N-methyl/N-ethyl adjacent to an activating group) is 1. The summed E-state index contributed by atoms with van der Waals surface area (Å²) in [6.45, 7) is 1.40. The molecule has 0 heterocycles. The number of carbonyl (C=O) groups excluding carboxylic acids is 1. The predicted molar refractivity (Wildman–Crippen MR) is 72.2 cm³/mol. The molecule has 1 unspecified atom stereocenters. The van der Waals surface area contributed by atoms with Crippen molar-refractivity contribution in [2.24, 2.45) is 5.92 Å². The van der Waals surface area contributed by atoms with E-state index >= 15 is 0 Å². The fourth-order valence-electron chi connectivity index (χ4n) is 1.76. The summed E-state index contributed by atoms with van der Waals surface area (Å²) in [5.41, 5.74) is 0.817. The fraction of sp³-hybridized carbons (Fsp3) is 0.385. The van der Waals surface area contributed by atoms with Gasteiger partial charge in [-0.15, -0.1) is 0 Å². The molecule has 1 rings (SSSR count). The Labute approximate surface area is 119 Å². The maximum atomic E-state index is 13.1. The lowest BCUT2D eigenvalue weighted by molar-refractivity contribution is -0.144. The highest BCUT2D eigenvalue weighted by atomic mass is 79.9. The first kappa shape index (κ1) is 15.6. The van der Waals surface area contributed by atoms with Gasteiger partial charge in [0.15, 0.2) is 0 Å². The quantitative estimate of drug-likeness (QED) is 0.900. The number of hydrogen-bond donors (Lipinski definition) is 1. The van der Waals surface area contributed by atoms with Gasteiger partial charge >= 0.3 is 5.97 Å². The Morgan fingerprint density at radius 1 is 1.47 bits per heavy atom. The Hall–Kier alpha value is -1.43. The van der Waals surface area contributed by atoms with Crippen molar-refractivity contribution in [1.29, 1.82) is 0 Å². The molecule has 1 N–H and O–H groups in total. The maximum absolute atomic E-state index is 13.1. The third-order valence-corrected chi connectivity index (χ3v) is 3.30. The molecule has 6 heteroatoms. The van der Waals surface area contributed by atoms with Crippen molar-refractivity contribution in [3.05, 3.63) is 34.1 Å². The first-order valence-corrected chi connectivity index (χ1v) is 6.51. The van der Waals surface area contributed by atoms with Crippen molar-refractivity contribution >= 4 is 27.8 Å². The van der Waals surface area contributed by atoms with Crippen molar-refractivity contribution in [3.8, 4) is 0 Å². The summed E-state index contributed by atoms with van der Waals surface area (Å²) >= 11 is 3.09. The predicted octanol–water partition coefficient (Wildman–Crippen LogP) is 2.31. The molecule has 1 amide bonds. The Morgan fingerprint density at radius 3 is 2.63 bits per heavy atom. The molecule has 104 valence electrons. The van der Waals surface area contributed by atoms with Crippen molar-refractivity contribution in [2.75, 3.05) is 13.6 Å². The lowest BCUT2D eigenvalue weighted by atomic mass is 10.00. The fourth-order valence-corrected chi connectivity index (χ4v) is 2.19. The summed E-state index contributed by atoms with van der Waals surface area (Å²) in [4.78, 5) is 23.6. The second kappa shape index (κ2) is 6.65. The number of hydrogen-bond acceptors (Lipinski definition) is 2. The summed E-state index contributed by atoms with van der Waals surface area (Å²) in [7, 11) is 1.45. The van der Waals surface area contributed by atoms with Gasteiger partial charge in [0.25, 0.3) is 0 Å². The zero-order valence-corrected chi connectivity index (χ0v) is 12.3. The topological polar surface area (TPSA) is 57.6 Å². The molecule has 0 aliphatic carbocycles. The third-order valence-electron chi connectivity index (χ3n) is 2.70. The Kier molecular flexibility index (Phi) is 5.47. The number of carbonyl (C=O) groups is 2. The van der Waals surface area contributed by atoms with Crippen LogP contribution in [0, 0.1) is 11.7 Å². The van der Waals surface area contributed by atoms with Gasteiger partial charge in [-0.05, 0) is 40.0 Å². The minimum Gasteiger partial charge on any atom is -0.480 e. The van der Waals surface area contributed by atoms with Crippen LogP contribution < -0.4 is 0 Å². The van der Waals surface area contributed by atoms with E-state index in [1.165, 1.54) is 18.0 Å². The largest absolute Gasteiger partial charge is 0.480 e. The zero-order valence-electron chi connectivity index (χ0n) is 10.7. The van der Waals surface area contributed by atoms with E-state index in [4.69, 9.17) is 5.11 Å². The SMILES string of the molecule is CC(Cc1ccc(F)c(Br)c1)C(=O)N(C)CC(=O)O. The molecule has 0 aromatic heterocycles. The number of halogens is 2. The van der Waals surface area contributed by atoms with E-state index in [2.05, 4.69) is 15.9 Å². The van der Waals surface area contributed by atoms with E-state index < -0.39 is 5.97 Å². The van der Waals surface area contributed by atoms with E-state index in [0.29, 0.717) is 10.9 Å². The van der Waals surface area contributed by atoms with E-state index in [-0.39, 0.29) is 24.2 Å². The van der Waals surface area contributed by atoms with E-state index in [0.717, 1.165) is 5.56 Å². The van der Waals surface area contributed by atoms with Gasteiger partial charge in [-0.25, -0.2) is 4.39 Å². The summed E-state index contributed by atoms with van der Waals surface area (Å²) in [5, 5.41) is 8.63. The smallest absolute Gasteiger partial charge is 0.323 e. The molecule has 0 bridgehead atoms. The van der Waals surface area contributed by atoms with Gasteiger partial charge < -0.3 is 10.0 Å². The van der Waals surface area contributed by atoms with Crippen molar-refractivity contribution in [1.82, 2.24) is 4.90 Å². The maximum Gasteiger partial charge on any atom is 0.323 e. The standard InChI is InChI=1S/C13H15BrFNO3/c1-8(13(19)16(2)7-12(17)18)5-9-3-4-11(15)10(14)6-9/h3-4,6,8H,5,7H2,1-2H3,(H,17,18). The summed E-state index contributed by atoms with van der Waals surface area (Å²) in [6, 6.07) is 4.56. The second-order valence-electron chi connectivity index (χ2n) is 4.44. The van der Waals surface area contributed by atoms with Crippen LogP contribution in [0.15, 0.2) is 22.7 Å². The highest BCUT2D eigenvalue weighted by molar-refractivity contribution is 9.10. The number of aliphatic carboxylic acids is 1. The van der Waals surface area contributed by atoms with Crippen molar-refractivity contribution < 1.29 is 19.1 Å². The van der Waals surface area contributed by atoms with E-state index in [1.807, 2.05) is 0 Å². The molecular formula is C13H15BrFNO3. The third kappa shape index (κ3) is 4.63. The monoisotopic (exact) mass is 331 g/mol. The molecule has 0 saturated carbocycles. The number of rotatable bonds is 5. The summed E-state index contributed by atoms with van der Waals surface area (Å²) < 4.78 is 13.4. The minimum atomic E-state index is -1.05. The van der Waals surface area contributed by atoms with Crippen molar-refractivity contribution in [3.63, 3.8) is 0 Å². The van der Waals surface area contributed by atoms with Crippen LogP contribution in [-0.4, -0.2) is 35.5 Å². The van der Waals surface area contributed by atoms with Crippen LogP contribution in [0.2, 0.25) is 0 Å². The molecule has 0 aliphatic rings. The van der Waals surface area contributed by atoms with Gasteiger partial charge in [-0.2, -0.15) is 0 Å². The Morgan fingerprint density at radius 2 is 2.11 bits per heavy atom. The molecule has 0 fully saturated rings. The molecule has 0 saturated heterocycles. The van der Waals surface area contributed by atoms with Crippen LogP contribution in [0.4, 0.5) is 4.39 Å². The van der Waals surface area contributed by atoms with Gasteiger partial charge in [0.1, 0.15) is 12.4 Å². The Balaban J connectivity index is 2.68. The molecule has 0 spiro atoms. The molecule has 0 radical (unpaired) electrons. The van der Waals surface area contributed by atoms with Crippen LogP contribution in [0.3, 0.4) is 0 Å². The first-order valence-electron chi connectivity index (χ1n) is 5.72. The lowest BCUT2D eigenvalue weighted by Crippen LogP contribution is -2.36. The molecular weight excluding hydrogens is 317 g/mol. The van der Waals surface area contributed by atoms with Gasteiger partial charge in [0.05, 0.1) is 4.47 Å². The van der Waals surface area contributed by atoms with E-state index in [1.54, 1.807) is 19.1 Å². The second-order valence-corrected chi connectivity index (χ2v) is 5.30.